The number of hydrogen-bond acceptors (Lipinski definition) is 4. The predicted molar refractivity (Wildman–Crippen MR) is 71.1 cm³/mol. The third-order valence-electron chi connectivity index (χ3n) is 2.45. The maximum atomic E-state index is 11.6. The largest absolute Gasteiger partial charge is 0.482 e. The van der Waals surface area contributed by atoms with Crippen LogP contribution in [0.25, 0.3) is 0 Å². The van der Waals surface area contributed by atoms with Crippen molar-refractivity contribution >= 4 is 17.6 Å². The smallest absolute Gasteiger partial charge is 0.341 e. The third-order valence-corrected chi connectivity index (χ3v) is 2.45. The van der Waals surface area contributed by atoms with Crippen LogP contribution in [-0.2, 0) is 9.59 Å². The number of hydrogen-bond donors (Lipinski definition) is 3. The minimum absolute atomic E-state index is 0.161. The first-order chi connectivity index (χ1) is 9.01. The van der Waals surface area contributed by atoms with Crippen molar-refractivity contribution in [2.75, 3.05) is 11.9 Å². The molecule has 0 bridgehead atoms. The monoisotopic (exact) mass is 266 g/mol. The average molecular weight is 266 g/mol. The van der Waals surface area contributed by atoms with E-state index in [9.17, 15) is 9.59 Å². The summed E-state index contributed by atoms with van der Waals surface area (Å²) in [7, 11) is 0. The van der Waals surface area contributed by atoms with Crippen molar-refractivity contribution in [3.8, 4) is 5.75 Å². The molecule has 0 fully saturated rings. The number of benzene rings is 1. The number of carboxylic acids is 1. The van der Waals surface area contributed by atoms with Crippen LogP contribution in [0.1, 0.15) is 19.8 Å². The fraction of sp³-hybridized carbons (Fsp3) is 0.385. The molecule has 6 heteroatoms. The SMILES string of the molecule is CCC(N)CC(=O)Nc1cccc(OCC(=O)O)c1. The number of amides is 1. The highest BCUT2D eigenvalue weighted by Crippen LogP contribution is 2.17. The molecule has 0 spiro atoms. The molecule has 1 amide bonds. The Morgan fingerprint density at radius 3 is 2.84 bits per heavy atom. The maximum absolute atomic E-state index is 11.6. The molecule has 0 saturated heterocycles. The lowest BCUT2D eigenvalue weighted by atomic mass is 10.1. The van der Waals surface area contributed by atoms with E-state index < -0.39 is 12.6 Å². The highest BCUT2D eigenvalue weighted by atomic mass is 16.5. The highest BCUT2D eigenvalue weighted by Gasteiger charge is 2.08. The van der Waals surface area contributed by atoms with E-state index in [0.29, 0.717) is 11.4 Å². The molecule has 4 N–H and O–H groups in total. The van der Waals surface area contributed by atoms with Crippen molar-refractivity contribution in [2.24, 2.45) is 5.73 Å². The molecule has 0 aliphatic carbocycles. The maximum Gasteiger partial charge on any atom is 0.341 e. The number of carbonyl (C=O) groups excluding carboxylic acids is 1. The Hall–Kier alpha value is -2.08. The Labute approximate surface area is 111 Å². The van der Waals surface area contributed by atoms with Gasteiger partial charge in [-0.1, -0.05) is 13.0 Å². The first-order valence-electron chi connectivity index (χ1n) is 6.01. The molecule has 1 aromatic rings. The van der Waals surface area contributed by atoms with Gasteiger partial charge in [-0.05, 0) is 18.6 Å². The van der Waals surface area contributed by atoms with Crippen LogP contribution < -0.4 is 15.8 Å². The Kier molecular flexibility index (Phi) is 5.81. The molecule has 0 radical (unpaired) electrons. The van der Waals surface area contributed by atoms with Crippen molar-refractivity contribution in [1.29, 1.82) is 0 Å². The fourth-order valence-electron chi connectivity index (χ4n) is 1.40. The van der Waals surface area contributed by atoms with Crippen molar-refractivity contribution in [2.45, 2.75) is 25.8 Å². The van der Waals surface area contributed by atoms with Gasteiger partial charge >= 0.3 is 5.97 Å². The zero-order chi connectivity index (χ0) is 14.3. The number of carboxylic acid groups (broad SMARTS) is 1. The van der Waals surface area contributed by atoms with Gasteiger partial charge in [-0.15, -0.1) is 0 Å². The second-order valence-electron chi connectivity index (χ2n) is 4.13. The number of anilines is 1. The fourth-order valence-corrected chi connectivity index (χ4v) is 1.40. The van der Waals surface area contributed by atoms with Crippen LogP contribution in [0.2, 0.25) is 0 Å². The molecule has 0 heterocycles. The van der Waals surface area contributed by atoms with Gasteiger partial charge in [0.25, 0.3) is 0 Å². The summed E-state index contributed by atoms with van der Waals surface area (Å²) in [6, 6.07) is 6.40. The predicted octanol–water partition coefficient (Wildman–Crippen LogP) is 1.22. The van der Waals surface area contributed by atoms with E-state index in [0.717, 1.165) is 6.42 Å². The van der Waals surface area contributed by atoms with E-state index in [1.54, 1.807) is 24.3 Å². The summed E-state index contributed by atoms with van der Waals surface area (Å²) in [5, 5.41) is 11.2. The van der Waals surface area contributed by atoms with Gasteiger partial charge in [0.05, 0.1) is 0 Å². The van der Waals surface area contributed by atoms with Crippen molar-refractivity contribution in [1.82, 2.24) is 0 Å². The quantitative estimate of drug-likeness (QED) is 0.688. The molecule has 1 rings (SSSR count). The van der Waals surface area contributed by atoms with Crippen molar-refractivity contribution in [3.63, 3.8) is 0 Å². The lowest BCUT2D eigenvalue weighted by Crippen LogP contribution is -2.26. The number of nitrogens with one attached hydrogen (secondary N) is 1. The highest BCUT2D eigenvalue weighted by molar-refractivity contribution is 5.91. The van der Waals surface area contributed by atoms with Gasteiger partial charge in [0.2, 0.25) is 5.91 Å². The molecule has 0 aliphatic rings. The van der Waals surface area contributed by atoms with Gasteiger partial charge in [-0.25, -0.2) is 4.79 Å². The summed E-state index contributed by atoms with van der Waals surface area (Å²) in [5.74, 6) is -0.840. The summed E-state index contributed by atoms with van der Waals surface area (Å²) in [6.45, 7) is 1.50. The molecule has 104 valence electrons. The lowest BCUT2D eigenvalue weighted by molar-refractivity contribution is -0.139. The number of rotatable bonds is 7. The van der Waals surface area contributed by atoms with E-state index in [1.165, 1.54) is 0 Å². The van der Waals surface area contributed by atoms with Crippen LogP contribution in [0.15, 0.2) is 24.3 Å². The molecule has 1 aromatic carbocycles. The van der Waals surface area contributed by atoms with Gasteiger partial charge in [0, 0.05) is 24.2 Å². The zero-order valence-electron chi connectivity index (χ0n) is 10.8. The first kappa shape index (κ1) is 15.0. The summed E-state index contributed by atoms with van der Waals surface area (Å²) in [4.78, 5) is 22.0. The normalized spacial score (nSPS) is 11.7. The van der Waals surface area contributed by atoms with Gasteiger partial charge in [-0.3, -0.25) is 4.79 Å². The molecule has 1 atom stereocenters. The van der Waals surface area contributed by atoms with Gasteiger partial charge < -0.3 is 20.9 Å². The molecular weight excluding hydrogens is 248 g/mol. The number of aliphatic carboxylic acids is 1. The third kappa shape index (κ3) is 5.87. The Balaban J connectivity index is 2.56. The molecule has 19 heavy (non-hydrogen) atoms. The van der Waals surface area contributed by atoms with Gasteiger partial charge in [0.15, 0.2) is 6.61 Å². The summed E-state index contributed by atoms with van der Waals surface area (Å²) >= 11 is 0. The second kappa shape index (κ2) is 7.38. The van der Waals surface area contributed by atoms with Crippen molar-refractivity contribution in [3.05, 3.63) is 24.3 Å². The van der Waals surface area contributed by atoms with Gasteiger partial charge in [0.1, 0.15) is 5.75 Å². The van der Waals surface area contributed by atoms with Crippen LogP contribution in [0.4, 0.5) is 5.69 Å². The number of carbonyl (C=O) groups is 2. The zero-order valence-corrected chi connectivity index (χ0v) is 10.8. The van der Waals surface area contributed by atoms with Crippen LogP contribution >= 0.6 is 0 Å². The molecule has 1 unspecified atom stereocenters. The standard InChI is InChI=1S/C13H18N2O4/c1-2-9(14)6-12(16)15-10-4-3-5-11(7-10)19-8-13(17)18/h3-5,7,9H,2,6,8,14H2,1H3,(H,15,16)(H,17,18). The van der Waals surface area contributed by atoms with Crippen LogP contribution in [0, 0.1) is 0 Å². The van der Waals surface area contributed by atoms with Crippen LogP contribution in [-0.4, -0.2) is 29.6 Å². The van der Waals surface area contributed by atoms with Crippen LogP contribution in [0.5, 0.6) is 5.75 Å². The molecule has 0 saturated carbocycles. The molecular formula is C13H18N2O4. The minimum Gasteiger partial charge on any atom is -0.482 e. The van der Waals surface area contributed by atoms with Crippen LogP contribution in [0.3, 0.4) is 0 Å². The number of nitrogens with two attached hydrogens (primary N) is 1. The number of ether oxygens (including phenoxy) is 1. The Bertz CT molecular complexity index is 448. The van der Waals surface area contributed by atoms with E-state index in [2.05, 4.69) is 5.32 Å². The average Bonchev–Trinajstić information content (AvgIpc) is 2.36. The molecule has 0 aromatic heterocycles. The van der Waals surface area contributed by atoms with E-state index >= 15 is 0 Å². The van der Waals surface area contributed by atoms with Crippen molar-refractivity contribution < 1.29 is 19.4 Å². The van der Waals surface area contributed by atoms with E-state index in [1.807, 2.05) is 6.92 Å². The summed E-state index contributed by atoms with van der Waals surface area (Å²) in [6.07, 6.45) is 0.978. The first-order valence-corrected chi connectivity index (χ1v) is 6.01. The summed E-state index contributed by atoms with van der Waals surface area (Å²) < 4.78 is 5.02. The van der Waals surface area contributed by atoms with Gasteiger partial charge in [-0.2, -0.15) is 0 Å². The topological polar surface area (TPSA) is 102 Å². The lowest BCUT2D eigenvalue weighted by Gasteiger charge is -2.10. The Morgan fingerprint density at radius 2 is 2.21 bits per heavy atom. The summed E-state index contributed by atoms with van der Waals surface area (Å²) in [5.41, 5.74) is 6.24. The molecule has 0 aliphatic heterocycles. The Morgan fingerprint density at radius 1 is 1.47 bits per heavy atom. The van der Waals surface area contributed by atoms with E-state index in [-0.39, 0.29) is 18.4 Å². The molecule has 6 nitrogen and oxygen atoms in total. The minimum atomic E-state index is -1.05. The second-order valence-corrected chi connectivity index (χ2v) is 4.13. The van der Waals surface area contributed by atoms with E-state index in [4.69, 9.17) is 15.6 Å².